The topological polar surface area (TPSA) is 90.1 Å². The van der Waals surface area contributed by atoms with Gasteiger partial charge in [0.2, 0.25) is 5.89 Å². The van der Waals surface area contributed by atoms with Crippen LogP contribution in [0.3, 0.4) is 0 Å². The number of alkyl halides is 3. The summed E-state index contributed by atoms with van der Waals surface area (Å²) in [5.41, 5.74) is -0.981. The van der Waals surface area contributed by atoms with Crippen LogP contribution in [0.2, 0.25) is 0 Å². The Morgan fingerprint density at radius 1 is 1.45 bits per heavy atom. The third kappa shape index (κ3) is 5.26. The molecule has 11 heteroatoms. The first kappa shape index (κ1) is 21.5. The highest BCUT2D eigenvalue weighted by Crippen LogP contribution is 2.40. The van der Waals surface area contributed by atoms with Crippen molar-refractivity contribution in [3.8, 4) is 5.75 Å². The average molecular weight is 477 g/mol. The second-order valence-electron chi connectivity index (χ2n) is 7.37. The van der Waals surface area contributed by atoms with Crippen LogP contribution >= 0.6 is 15.9 Å². The molecule has 1 fully saturated rings. The van der Waals surface area contributed by atoms with E-state index >= 15 is 0 Å². The van der Waals surface area contributed by atoms with Crippen LogP contribution in [0.5, 0.6) is 5.75 Å². The van der Waals surface area contributed by atoms with Crippen molar-refractivity contribution in [2.75, 3.05) is 0 Å². The van der Waals surface area contributed by atoms with E-state index in [1.54, 1.807) is 13.8 Å². The lowest BCUT2D eigenvalue weighted by Gasteiger charge is -2.27. The highest BCUT2D eigenvalue weighted by Gasteiger charge is 2.40. The summed E-state index contributed by atoms with van der Waals surface area (Å²) in [4.78, 5) is 21.1. The molecule has 7 nitrogen and oxygen atoms in total. The van der Waals surface area contributed by atoms with Crippen molar-refractivity contribution in [1.82, 2.24) is 20.4 Å². The van der Waals surface area contributed by atoms with Gasteiger partial charge in [0.25, 0.3) is 5.91 Å². The molecule has 1 saturated carbocycles. The Morgan fingerprint density at radius 2 is 2.14 bits per heavy atom. The standard InChI is InChI=1S/C18H20BrF3N4O3/c1-9(18(20,21)22)28-14-6-13(23-8-12(14)19)15(27)25-17(3,7-11-4-5-11)16-24-10(2)29-26-16/h6,8-9,11H,4-5,7H2,1-3H3,(H,25,27)/t9-,17?/m0/s1. The first-order valence-corrected chi connectivity index (χ1v) is 9.79. The van der Waals surface area contributed by atoms with Gasteiger partial charge in [-0.25, -0.2) is 4.98 Å². The number of rotatable bonds is 7. The van der Waals surface area contributed by atoms with Crippen LogP contribution in [0.15, 0.2) is 21.3 Å². The summed E-state index contributed by atoms with van der Waals surface area (Å²) in [6.07, 6.45) is -2.64. The highest BCUT2D eigenvalue weighted by molar-refractivity contribution is 9.10. The van der Waals surface area contributed by atoms with Gasteiger partial charge in [-0.15, -0.1) is 0 Å². The summed E-state index contributed by atoms with van der Waals surface area (Å²) in [5, 5.41) is 6.80. The lowest BCUT2D eigenvalue weighted by molar-refractivity contribution is -0.189. The van der Waals surface area contributed by atoms with E-state index in [0.29, 0.717) is 24.1 Å². The molecule has 0 spiro atoms. The van der Waals surface area contributed by atoms with Crippen LogP contribution in [0.25, 0.3) is 0 Å². The third-order valence-corrected chi connectivity index (χ3v) is 5.22. The number of pyridine rings is 1. The number of aromatic nitrogens is 3. The predicted octanol–water partition coefficient (Wildman–Crippen LogP) is 4.31. The lowest BCUT2D eigenvalue weighted by Crippen LogP contribution is -2.45. The van der Waals surface area contributed by atoms with Gasteiger partial charge in [0.15, 0.2) is 11.9 Å². The summed E-state index contributed by atoms with van der Waals surface area (Å²) in [7, 11) is 0. The first-order chi connectivity index (χ1) is 13.5. The second-order valence-corrected chi connectivity index (χ2v) is 8.23. The van der Waals surface area contributed by atoms with Crippen molar-refractivity contribution in [2.45, 2.75) is 57.9 Å². The second kappa shape index (κ2) is 7.92. The highest BCUT2D eigenvalue weighted by atomic mass is 79.9. The van der Waals surface area contributed by atoms with Gasteiger partial charge in [0.1, 0.15) is 17.0 Å². The van der Waals surface area contributed by atoms with Crippen LogP contribution in [0.1, 0.15) is 55.3 Å². The van der Waals surface area contributed by atoms with Gasteiger partial charge in [-0.05, 0) is 42.1 Å². The van der Waals surface area contributed by atoms with Gasteiger partial charge in [-0.2, -0.15) is 18.2 Å². The minimum absolute atomic E-state index is 0.0835. The zero-order valence-corrected chi connectivity index (χ0v) is 17.6. The molecule has 2 atom stereocenters. The Kier molecular flexibility index (Phi) is 5.88. The van der Waals surface area contributed by atoms with Gasteiger partial charge in [0.05, 0.1) is 4.47 Å². The van der Waals surface area contributed by atoms with Crippen molar-refractivity contribution in [2.24, 2.45) is 5.92 Å². The van der Waals surface area contributed by atoms with E-state index in [9.17, 15) is 18.0 Å². The number of nitrogens with zero attached hydrogens (tertiary/aromatic N) is 3. The maximum atomic E-state index is 12.8. The summed E-state index contributed by atoms with van der Waals surface area (Å²) in [6, 6.07) is 1.17. The van der Waals surface area contributed by atoms with Gasteiger partial charge in [0, 0.05) is 19.2 Å². The monoisotopic (exact) mass is 476 g/mol. The Balaban J connectivity index is 1.82. The smallest absolute Gasteiger partial charge is 0.425 e. The molecule has 2 heterocycles. The molecule has 29 heavy (non-hydrogen) atoms. The minimum atomic E-state index is -4.54. The molecule has 1 N–H and O–H groups in total. The largest absolute Gasteiger partial charge is 0.480 e. The Bertz CT molecular complexity index is 901. The molecule has 1 unspecified atom stereocenters. The van der Waals surface area contributed by atoms with Crippen molar-refractivity contribution < 1.29 is 27.2 Å². The fourth-order valence-electron chi connectivity index (χ4n) is 2.83. The molecule has 1 aliphatic rings. The molecule has 3 rings (SSSR count). The number of carbonyl (C=O) groups is 1. The van der Waals surface area contributed by atoms with Crippen LogP contribution < -0.4 is 10.1 Å². The normalized spacial score (nSPS) is 17.5. The van der Waals surface area contributed by atoms with Crippen molar-refractivity contribution in [3.05, 3.63) is 34.1 Å². The SMILES string of the molecule is Cc1nc(C(C)(CC2CC2)NC(=O)c2cc(O[C@@H](C)C(F)(F)F)c(Br)cn2)no1. The zero-order chi connectivity index (χ0) is 21.4. The lowest BCUT2D eigenvalue weighted by atomic mass is 9.93. The van der Waals surface area contributed by atoms with Gasteiger partial charge in [-0.3, -0.25) is 4.79 Å². The van der Waals surface area contributed by atoms with E-state index in [-0.39, 0.29) is 15.9 Å². The molecule has 0 aliphatic heterocycles. The molecule has 0 bridgehead atoms. The molecule has 1 aliphatic carbocycles. The maximum Gasteiger partial charge on any atom is 0.425 e. The molecule has 2 aromatic rings. The molecule has 158 valence electrons. The Morgan fingerprint density at radius 3 is 2.69 bits per heavy atom. The number of ether oxygens (including phenoxy) is 1. The zero-order valence-electron chi connectivity index (χ0n) is 16.0. The molecule has 2 aromatic heterocycles. The van der Waals surface area contributed by atoms with E-state index in [1.807, 2.05) is 0 Å². The van der Waals surface area contributed by atoms with E-state index in [0.717, 1.165) is 19.8 Å². The fourth-order valence-corrected chi connectivity index (χ4v) is 3.14. The average Bonchev–Trinajstić information content (AvgIpc) is 3.31. The summed E-state index contributed by atoms with van der Waals surface area (Å²) >= 11 is 3.10. The molecule has 0 aromatic carbocycles. The van der Waals surface area contributed by atoms with E-state index in [4.69, 9.17) is 9.26 Å². The first-order valence-electron chi connectivity index (χ1n) is 9.00. The Labute approximate surface area is 173 Å². The van der Waals surface area contributed by atoms with Crippen LogP contribution in [-0.2, 0) is 5.54 Å². The van der Waals surface area contributed by atoms with Gasteiger partial charge >= 0.3 is 6.18 Å². The van der Waals surface area contributed by atoms with Gasteiger partial charge < -0.3 is 14.6 Å². The number of nitrogens with one attached hydrogen (secondary N) is 1. The summed E-state index contributed by atoms with van der Waals surface area (Å²) < 4.78 is 48.6. The van der Waals surface area contributed by atoms with Crippen LogP contribution in [0.4, 0.5) is 13.2 Å². The maximum absolute atomic E-state index is 12.8. The number of carbonyl (C=O) groups excluding carboxylic acids is 1. The van der Waals surface area contributed by atoms with Crippen LogP contribution in [0, 0.1) is 12.8 Å². The number of hydrogen-bond donors (Lipinski definition) is 1. The third-order valence-electron chi connectivity index (χ3n) is 4.62. The summed E-state index contributed by atoms with van der Waals surface area (Å²) in [5.74, 6) is 0.440. The van der Waals surface area contributed by atoms with Crippen molar-refractivity contribution >= 4 is 21.8 Å². The van der Waals surface area contributed by atoms with E-state index < -0.39 is 23.7 Å². The fraction of sp³-hybridized carbons (Fsp3) is 0.556. The van der Waals surface area contributed by atoms with E-state index in [2.05, 4.69) is 36.4 Å². The number of amides is 1. The Hall–Kier alpha value is -2.17. The van der Waals surface area contributed by atoms with E-state index in [1.165, 1.54) is 12.3 Å². The molecule has 1 amide bonds. The van der Waals surface area contributed by atoms with Gasteiger partial charge in [-0.1, -0.05) is 18.0 Å². The van der Waals surface area contributed by atoms with Crippen molar-refractivity contribution in [1.29, 1.82) is 0 Å². The number of halogens is 4. The van der Waals surface area contributed by atoms with Crippen LogP contribution in [-0.4, -0.2) is 33.3 Å². The summed E-state index contributed by atoms with van der Waals surface area (Å²) in [6.45, 7) is 4.32. The minimum Gasteiger partial charge on any atom is -0.480 e. The molecular weight excluding hydrogens is 457 g/mol. The quantitative estimate of drug-likeness (QED) is 0.640. The van der Waals surface area contributed by atoms with Crippen molar-refractivity contribution in [3.63, 3.8) is 0 Å². The predicted molar refractivity (Wildman–Crippen MR) is 99.3 cm³/mol. The number of hydrogen-bond acceptors (Lipinski definition) is 6. The molecule has 0 saturated heterocycles. The number of aryl methyl sites for hydroxylation is 1. The molecule has 0 radical (unpaired) electrons. The molecular formula is C18H20BrF3N4O3.